The molecule has 0 bridgehead atoms. The Balaban J connectivity index is 1.56. The number of hydrogen-bond acceptors (Lipinski definition) is 3. The topological polar surface area (TPSA) is 69.6 Å². The normalized spacial score (nSPS) is 21.4. The van der Waals surface area contributed by atoms with E-state index >= 15 is 0 Å². The van der Waals surface area contributed by atoms with Gasteiger partial charge in [-0.15, -0.1) is 0 Å². The highest BCUT2D eigenvalue weighted by Crippen LogP contribution is 2.44. The Hall–Kier alpha value is -2.37. The van der Waals surface area contributed by atoms with Crippen LogP contribution in [0.3, 0.4) is 0 Å². The highest BCUT2D eigenvalue weighted by atomic mass is 35.5. The maximum Gasteiger partial charge on any atom is 0.274 e. The van der Waals surface area contributed by atoms with Crippen LogP contribution in [-0.4, -0.2) is 28.5 Å². The summed E-state index contributed by atoms with van der Waals surface area (Å²) in [7, 11) is 0. The van der Waals surface area contributed by atoms with Gasteiger partial charge in [0.2, 0.25) is 5.91 Å². The molecular formula is C21H21ClN2O3. The third-order valence-electron chi connectivity index (χ3n) is 5.89. The van der Waals surface area contributed by atoms with Crippen molar-refractivity contribution in [2.75, 3.05) is 6.54 Å². The molecule has 2 aliphatic rings. The molecule has 6 heteroatoms. The van der Waals surface area contributed by atoms with Gasteiger partial charge in [-0.05, 0) is 60.6 Å². The average molecular weight is 385 g/mol. The van der Waals surface area contributed by atoms with Crippen molar-refractivity contribution < 1.29 is 14.8 Å². The van der Waals surface area contributed by atoms with Gasteiger partial charge in [0.25, 0.3) is 5.91 Å². The summed E-state index contributed by atoms with van der Waals surface area (Å²) in [6.45, 7) is 1.25. The van der Waals surface area contributed by atoms with Crippen LogP contribution in [0.2, 0.25) is 5.02 Å². The summed E-state index contributed by atoms with van der Waals surface area (Å²) in [6, 6.07) is 13.1. The number of hydroxylamine groups is 1. The Bertz CT molecular complexity index is 914. The summed E-state index contributed by atoms with van der Waals surface area (Å²) in [5.41, 5.74) is 4.84. The van der Waals surface area contributed by atoms with E-state index in [-0.39, 0.29) is 5.91 Å². The first-order valence-electron chi connectivity index (χ1n) is 9.11. The molecule has 0 saturated carbocycles. The maximum atomic E-state index is 13.2. The minimum Gasteiger partial charge on any atom is -0.338 e. The van der Waals surface area contributed by atoms with Gasteiger partial charge >= 0.3 is 0 Å². The molecule has 0 unspecified atom stereocenters. The third-order valence-corrected chi connectivity index (χ3v) is 6.26. The van der Waals surface area contributed by atoms with E-state index in [4.69, 9.17) is 16.8 Å². The number of halogens is 1. The molecule has 2 aromatic rings. The molecule has 1 fully saturated rings. The number of hydrogen-bond donors (Lipinski definition) is 2. The van der Waals surface area contributed by atoms with Crippen molar-refractivity contribution >= 4 is 23.4 Å². The third kappa shape index (κ3) is 3.22. The molecule has 1 aliphatic heterocycles. The Morgan fingerprint density at radius 3 is 2.78 bits per heavy atom. The first-order chi connectivity index (χ1) is 13.0. The largest absolute Gasteiger partial charge is 0.338 e. The maximum absolute atomic E-state index is 13.2. The molecular weight excluding hydrogens is 364 g/mol. The Labute approximate surface area is 162 Å². The number of carbonyl (C=O) groups excluding carboxylic acids is 2. The van der Waals surface area contributed by atoms with Crippen LogP contribution >= 0.6 is 11.6 Å². The van der Waals surface area contributed by atoms with Gasteiger partial charge in [0.05, 0.1) is 5.41 Å². The number of rotatable bonds is 3. The number of amides is 2. The number of carbonyl (C=O) groups is 2. The molecule has 140 valence electrons. The lowest BCUT2D eigenvalue weighted by molar-refractivity contribution is -0.137. The second kappa shape index (κ2) is 6.98. The van der Waals surface area contributed by atoms with Gasteiger partial charge in [0.1, 0.15) is 0 Å². The van der Waals surface area contributed by atoms with Gasteiger partial charge in [0, 0.05) is 23.7 Å². The number of nitrogens with one attached hydrogen (secondary N) is 1. The number of benzene rings is 2. The molecule has 1 aliphatic carbocycles. The van der Waals surface area contributed by atoms with E-state index in [0.717, 1.165) is 36.9 Å². The number of nitrogens with zero attached hydrogens (tertiary/aromatic N) is 1. The van der Waals surface area contributed by atoms with Crippen molar-refractivity contribution in [2.24, 2.45) is 5.41 Å². The van der Waals surface area contributed by atoms with Crippen LogP contribution in [0, 0.1) is 5.41 Å². The second-order valence-electron chi connectivity index (χ2n) is 7.45. The van der Waals surface area contributed by atoms with Crippen LogP contribution < -0.4 is 5.48 Å². The fourth-order valence-corrected chi connectivity index (χ4v) is 4.53. The molecule has 5 nitrogen and oxygen atoms in total. The molecule has 2 aromatic carbocycles. The highest BCUT2D eigenvalue weighted by molar-refractivity contribution is 6.31. The first kappa shape index (κ1) is 18.0. The zero-order valence-corrected chi connectivity index (χ0v) is 15.6. The monoisotopic (exact) mass is 384 g/mol. The zero-order valence-electron chi connectivity index (χ0n) is 14.9. The molecule has 4 rings (SSSR count). The van der Waals surface area contributed by atoms with Crippen LogP contribution in [0.1, 0.15) is 39.9 Å². The summed E-state index contributed by atoms with van der Waals surface area (Å²) < 4.78 is 0. The van der Waals surface area contributed by atoms with Crippen LogP contribution in [0.5, 0.6) is 0 Å². The molecule has 27 heavy (non-hydrogen) atoms. The van der Waals surface area contributed by atoms with Crippen molar-refractivity contribution in [2.45, 2.75) is 32.2 Å². The molecule has 1 heterocycles. The van der Waals surface area contributed by atoms with Crippen molar-refractivity contribution in [3.05, 3.63) is 69.7 Å². The van der Waals surface area contributed by atoms with Gasteiger partial charge in [0.15, 0.2) is 0 Å². The van der Waals surface area contributed by atoms with Gasteiger partial charge < -0.3 is 4.90 Å². The Kier molecular flexibility index (Phi) is 4.66. The average Bonchev–Trinajstić information content (AvgIpc) is 2.98. The van der Waals surface area contributed by atoms with Gasteiger partial charge in [-0.1, -0.05) is 35.9 Å². The lowest BCUT2D eigenvalue weighted by atomic mass is 9.70. The molecule has 1 spiro atoms. The Morgan fingerprint density at radius 2 is 2.00 bits per heavy atom. The van der Waals surface area contributed by atoms with Gasteiger partial charge in [-0.2, -0.15) is 0 Å². The van der Waals surface area contributed by atoms with Crippen LogP contribution in [0.4, 0.5) is 0 Å². The van der Waals surface area contributed by atoms with Gasteiger partial charge in [-0.25, -0.2) is 5.48 Å². The highest BCUT2D eigenvalue weighted by Gasteiger charge is 2.48. The minimum atomic E-state index is -0.532. The summed E-state index contributed by atoms with van der Waals surface area (Å²) in [6.07, 6.45) is 3.09. The van der Waals surface area contributed by atoms with E-state index in [1.165, 1.54) is 5.56 Å². The fraction of sp³-hybridized carbons (Fsp3) is 0.333. The molecule has 1 saturated heterocycles. The standard InChI is InChI=1S/C21H21ClN2O3/c22-18-4-2-1-3-16(18)13-24-10-9-21(20(24)26)8-7-14-5-6-15(19(25)23-27)11-17(14)12-21/h1-6,11,27H,7-10,12-13H2,(H,23,25)/t21-/m1/s1. The van der Waals surface area contributed by atoms with E-state index in [1.807, 2.05) is 35.2 Å². The predicted molar refractivity (Wildman–Crippen MR) is 102 cm³/mol. The van der Waals surface area contributed by atoms with Crippen molar-refractivity contribution in [3.63, 3.8) is 0 Å². The first-order valence-corrected chi connectivity index (χ1v) is 9.49. The van der Waals surface area contributed by atoms with E-state index in [0.29, 0.717) is 23.6 Å². The van der Waals surface area contributed by atoms with Gasteiger partial charge in [-0.3, -0.25) is 14.8 Å². The second-order valence-corrected chi connectivity index (χ2v) is 7.86. The predicted octanol–water partition coefficient (Wildman–Crippen LogP) is 3.37. The van der Waals surface area contributed by atoms with Crippen molar-refractivity contribution in [3.8, 4) is 0 Å². The lowest BCUT2D eigenvalue weighted by Crippen LogP contribution is -2.38. The van der Waals surface area contributed by atoms with E-state index in [1.54, 1.807) is 17.6 Å². The Morgan fingerprint density at radius 1 is 1.19 bits per heavy atom. The van der Waals surface area contributed by atoms with Crippen LogP contribution in [0.25, 0.3) is 0 Å². The van der Waals surface area contributed by atoms with E-state index in [2.05, 4.69) is 0 Å². The molecule has 1 atom stereocenters. The van der Waals surface area contributed by atoms with E-state index in [9.17, 15) is 9.59 Å². The van der Waals surface area contributed by atoms with Crippen LogP contribution in [-0.2, 0) is 24.2 Å². The van der Waals surface area contributed by atoms with E-state index < -0.39 is 11.3 Å². The SMILES string of the molecule is O=C(NO)c1ccc2c(c1)C[C@@]1(CC2)CCN(Cc2ccccc2Cl)C1=O. The number of likely N-dealkylation sites (tertiary alicyclic amines) is 1. The quantitative estimate of drug-likeness (QED) is 0.629. The molecule has 2 amide bonds. The zero-order chi connectivity index (χ0) is 19.0. The number of aryl methyl sites for hydroxylation is 1. The van der Waals surface area contributed by atoms with Crippen LogP contribution in [0.15, 0.2) is 42.5 Å². The lowest BCUT2D eigenvalue weighted by Gasteiger charge is -2.33. The summed E-state index contributed by atoms with van der Waals surface area (Å²) in [5, 5.41) is 9.55. The summed E-state index contributed by atoms with van der Waals surface area (Å²) in [5.74, 6) is -0.361. The summed E-state index contributed by atoms with van der Waals surface area (Å²) in [4.78, 5) is 26.9. The smallest absolute Gasteiger partial charge is 0.274 e. The fourth-order valence-electron chi connectivity index (χ4n) is 4.34. The minimum absolute atomic E-state index is 0.171. The van der Waals surface area contributed by atoms with Crippen molar-refractivity contribution in [1.29, 1.82) is 0 Å². The number of fused-ring (bicyclic) bond motifs is 1. The molecule has 0 aromatic heterocycles. The van der Waals surface area contributed by atoms with Crippen molar-refractivity contribution in [1.82, 2.24) is 10.4 Å². The molecule has 2 N–H and O–H groups in total. The summed E-state index contributed by atoms with van der Waals surface area (Å²) >= 11 is 6.26. The molecule has 0 radical (unpaired) electrons.